The average molecular weight is 406 g/mol. The van der Waals surface area contributed by atoms with Gasteiger partial charge in [-0.3, -0.25) is 0 Å². The zero-order chi connectivity index (χ0) is 20.1. The molecule has 1 unspecified atom stereocenters. The van der Waals surface area contributed by atoms with Crippen molar-refractivity contribution < 1.29 is 18.7 Å². The van der Waals surface area contributed by atoms with E-state index in [9.17, 15) is 14.0 Å². The van der Waals surface area contributed by atoms with Crippen LogP contribution < -0.4 is 10.6 Å². The number of urea groups is 1. The second-order valence-electron chi connectivity index (χ2n) is 5.81. The summed E-state index contributed by atoms with van der Waals surface area (Å²) in [4.78, 5) is 24.4. The van der Waals surface area contributed by atoms with E-state index in [2.05, 4.69) is 26.2 Å². The molecule has 3 rings (SSSR count). The van der Waals surface area contributed by atoms with Crippen LogP contribution in [0.15, 0.2) is 40.7 Å². The van der Waals surface area contributed by atoms with Crippen molar-refractivity contribution >= 4 is 23.8 Å². The number of halogens is 1. The molecule has 148 valence electrons. The van der Waals surface area contributed by atoms with Crippen molar-refractivity contribution in [2.24, 2.45) is 0 Å². The van der Waals surface area contributed by atoms with Crippen LogP contribution in [0.2, 0.25) is 0 Å². The number of carbonyl (C=O) groups is 2. The molecule has 2 aromatic rings. The molecule has 2 N–H and O–H groups in total. The molecule has 0 bridgehead atoms. The summed E-state index contributed by atoms with van der Waals surface area (Å²) in [6, 6.07) is 5.03. The van der Waals surface area contributed by atoms with Gasteiger partial charge in [0.05, 0.1) is 23.9 Å². The highest BCUT2D eigenvalue weighted by Crippen LogP contribution is 2.24. The Morgan fingerprint density at radius 1 is 1.39 bits per heavy atom. The highest BCUT2D eigenvalue weighted by Gasteiger charge is 2.31. The highest BCUT2D eigenvalue weighted by molar-refractivity contribution is 7.99. The van der Waals surface area contributed by atoms with Crippen molar-refractivity contribution in [3.63, 3.8) is 0 Å². The van der Waals surface area contributed by atoms with Gasteiger partial charge in [0.25, 0.3) is 0 Å². The summed E-state index contributed by atoms with van der Waals surface area (Å²) in [6.45, 7) is 3.81. The van der Waals surface area contributed by atoms with Crippen LogP contribution >= 0.6 is 11.8 Å². The monoisotopic (exact) mass is 406 g/mol. The van der Waals surface area contributed by atoms with Gasteiger partial charge in [0.1, 0.15) is 5.82 Å². The summed E-state index contributed by atoms with van der Waals surface area (Å²) in [6.07, 6.45) is 0.538. The maximum absolute atomic E-state index is 13.5. The van der Waals surface area contributed by atoms with Gasteiger partial charge in [-0.25, -0.2) is 14.0 Å². The molecule has 1 aliphatic heterocycles. The van der Waals surface area contributed by atoms with Crippen LogP contribution in [0.3, 0.4) is 0 Å². The van der Waals surface area contributed by atoms with Gasteiger partial charge in [-0.1, -0.05) is 24.8 Å². The first-order valence-electron chi connectivity index (χ1n) is 8.68. The number of amides is 2. The molecule has 1 aliphatic rings. The number of carbonyl (C=O) groups excluding carboxylic acids is 2. The minimum absolute atomic E-state index is 0.227. The van der Waals surface area contributed by atoms with Crippen LogP contribution in [0.5, 0.6) is 0 Å². The summed E-state index contributed by atoms with van der Waals surface area (Å²) in [5.74, 6) is -0.664. The number of hydrogen-bond acceptors (Lipinski definition) is 7. The number of aromatic nitrogens is 4. The number of nitrogens with one attached hydrogen (secondary N) is 2. The van der Waals surface area contributed by atoms with Gasteiger partial charge >= 0.3 is 12.0 Å². The summed E-state index contributed by atoms with van der Waals surface area (Å²) >= 11 is 1.21. The van der Waals surface area contributed by atoms with Gasteiger partial charge in [0.15, 0.2) is 0 Å². The van der Waals surface area contributed by atoms with Crippen LogP contribution in [-0.2, 0) is 9.53 Å². The third-order valence-electron chi connectivity index (χ3n) is 3.99. The van der Waals surface area contributed by atoms with Crippen molar-refractivity contribution in [3.8, 4) is 5.69 Å². The van der Waals surface area contributed by atoms with Crippen LogP contribution in [0.4, 0.5) is 9.18 Å². The number of ether oxygens (including phenoxy) is 1. The van der Waals surface area contributed by atoms with Crippen LogP contribution in [-0.4, -0.2) is 50.6 Å². The maximum Gasteiger partial charge on any atom is 0.337 e. The molecular formula is C17H19FN6O3S. The topological polar surface area (TPSA) is 111 Å². The maximum atomic E-state index is 13.5. The van der Waals surface area contributed by atoms with E-state index in [0.717, 1.165) is 0 Å². The van der Waals surface area contributed by atoms with Gasteiger partial charge in [-0.15, -0.1) is 5.10 Å². The number of nitrogens with zero attached hydrogens (tertiary/aromatic N) is 4. The highest BCUT2D eigenvalue weighted by atomic mass is 32.2. The lowest BCUT2D eigenvalue weighted by Crippen LogP contribution is -2.50. The third kappa shape index (κ3) is 4.30. The molecule has 0 saturated heterocycles. The quantitative estimate of drug-likeness (QED) is 0.533. The van der Waals surface area contributed by atoms with E-state index in [1.165, 1.54) is 28.6 Å². The Morgan fingerprint density at radius 3 is 2.93 bits per heavy atom. The number of esters is 1. The summed E-state index contributed by atoms with van der Waals surface area (Å²) < 4.78 is 20.0. The molecule has 0 radical (unpaired) electrons. The van der Waals surface area contributed by atoms with Crippen molar-refractivity contribution in [1.82, 2.24) is 30.8 Å². The Labute approximate surface area is 164 Å². The zero-order valence-electron chi connectivity index (χ0n) is 15.3. The normalized spacial score (nSPS) is 16.5. The molecular weight excluding hydrogens is 387 g/mol. The first-order chi connectivity index (χ1) is 13.5. The fourth-order valence-corrected chi connectivity index (χ4v) is 3.61. The first kappa shape index (κ1) is 19.8. The van der Waals surface area contributed by atoms with Gasteiger partial charge in [0.2, 0.25) is 5.16 Å². The SMILES string of the molecule is CCOC(=O)C1=C(CSc2nnnn2-c2cccc(F)c2)NC(=O)NC1CC. The van der Waals surface area contributed by atoms with E-state index in [1.807, 2.05) is 6.92 Å². The van der Waals surface area contributed by atoms with Crippen molar-refractivity contribution in [3.05, 3.63) is 41.4 Å². The molecule has 1 atom stereocenters. The number of thioether (sulfide) groups is 1. The van der Waals surface area contributed by atoms with Crippen LogP contribution in [0, 0.1) is 5.82 Å². The average Bonchev–Trinajstić information content (AvgIpc) is 3.14. The third-order valence-corrected chi connectivity index (χ3v) is 4.93. The molecule has 0 spiro atoms. The lowest BCUT2D eigenvalue weighted by Gasteiger charge is -2.28. The Bertz CT molecular complexity index is 916. The Hall–Kier alpha value is -2.95. The second-order valence-corrected chi connectivity index (χ2v) is 6.76. The molecule has 0 fully saturated rings. The van der Waals surface area contributed by atoms with Crippen molar-refractivity contribution in [2.45, 2.75) is 31.5 Å². The zero-order valence-corrected chi connectivity index (χ0v) is 16.1. The fraction of sp³-hybridized carbons (Fsp3) is 0.353. The van der Waals surface area contributed by atoms with Crippen LogP contribution in [0.25, 0.3) is 5.69 Å². The van der Waals surface area contributed by atoms with Gasteiger partial charge in [-0.2, -0.15) is 4.68 Å². The molecule has 1 aromatic heterocycles. The molecule has 2 heterocycles. The van der Waals surface area contributed by atoms with E-state index in [0.29, 0.717) is 28.5 Å². The number of rotatable bonds is 7. The van der Waals surface area contributed by atoms with Crippen LogP contribution in [0.1, 0.15) is 20.3 Å². The van der Waals surface area contributed by atoms with E-state index in [4.69, 9.17) is 4.74 Å². The fourth-order valence-electron chi connectivity index (χ4n) is 2.75. The number of tetrazole rings is 1. The molecule has 9 nitrogen and oxygen atoms in total. The van der Waals surface area contributed by atoms with E-state index in [1.54, 1.807) is 19.1 Å². The van der Waals surface area contributed by atoms with E-state index < -0.39 is 17.8 Å². The van der Waals surface area contributed by atoms with E-state index in [-0.39, 0.29) is 18.4 Å². The Kier molecular flexibility index (Phi) is 6.24. The minimum atomic E-state index is -0.484. The smallest absolute Gasteiger partial charge is 0.337 e. The minimum Gasteiger partial charge on any atom is -0.463 e. The standard InChI is InChI=1S/C17H19FN6O3S/c1-3-12-14(15(25)27-4-2)13(20-16(26)19-12)9-28-17-21-22-23-24(17)11-7-5-6-10(18)8-11/h5-8,12H,3-4,9H2,1-2H3,(H2,19,20,26). The molecule has 28 heavy (non-hydrogen) atoms. The second kappa shape index (κ2) is 8.83. The number of benzene rings is 1. The summed E-state index contributed by atoms with van der Waals surface area (Å²) in [5.41, 5.74) is 1.28. The Balaban J connectivity index is 1.86. The van der Waals surface area contributed by atoms with Gasteiger partial charge in [-0.05, 0) is 42.0 Å². The first-order valence-corrected chi connectivity index (χ1v) is 9.66. The molecule has 1 aromatic carbocycles. The Morgan fingerprint density at radius 2 is 2.21 bits per heavy atom. The van der Waals surface area contributed by atoms with Gasteiger partial charge in [0, 0.05) is 11.4 Å². The molecule has 0 saturated carbocycles. The largest absolute Gasteiger partial charge is 0.463 e. The lowest BCUT2D eigenvalue weighted by molar-refractivity contribution is -0.139. The summed E-state index contributed by atoms with van der Waals surface area (Å²) in [5, 5.41) is 17.2. The number of hydrogen-bond donors (Lipinski definition) is 2. The summed E-state index contributed by atoms with van der Waals surface area (Å²) in [7, 11) is 0. The lowest BCUT2D eigenvalue weighted by atomic mass is 10.0. The predicted octanol–water partition coefficient (Wildman–Crippen LogP) is 1.80. The van der Waals surface area contributed by atoms with E-state index >= 15 is 0 Å². The molecule has 11 heteroatoms. The molecule has 2 amide bonds. The van der Waals surface area contributed by atoms with Gasteiger partial charge < -0.3 is 15.4 Å². The predicted molar refractivity (Wildman–Crippen MR) is 99.2 cm³/mol. The molecule has 0 aliphatic carbocycles. The van der Waals surface area contributed by atoms with Crippen molar-refractivity contribution in [2.75, 3.05) is 12.4 Å². The van der Waals surface area contributed by atoms with Crippen molar-refractivity contribution in [1.29, 1.82) is 0 Å².